The summed E-state index contributed by atoms with van der Waals surface area (Å²) >= 11 is 3.45. The second kappa shape index (κ2) is 4.57. The van der Waals surface area contributed by atoms with E-state index in [0.717, 1.165) is 40.6 Å². The first kappa shape index (κ1) is 12.0. The lowest BCUT2D eigenvalue weighted by Crippen LogP contribution is -2.21. The minimum Gasteiger partial charge on any atom is -0.497 e. The monoisotopic (exact) mass is 309 g/mol. The molecule has 3 rings (SSSR count). The molecule has 1 amide bonds. The van der Waals surface area contributed by atoms with Crippen LogP contribution in [-0.4, -0.2) is 13.0 Å². The summed E-state index contributed by atoms with van der Waals surface area (Å²) in [6.45, 7) is 0. The summed E-state index contributed by atoms with van der Waals surface area (Å²) in [6, 6.07) is 5.60. The summed E-state index contributed by atoms with van der Waals surface area (Å²) in [5, 5.41) is 3.00. The van der Waals surface area contributed by atoms with E-state index in [1.165, 1.54) is 6.42 Å². The zero-order chi connectivity index (χ0) is 12.7. The Bertz CT molecular complexity index is 479. The summed E-state index contributed by atoms with van der Waals surface area (Å²) in [5.74, 6) is 2.76. The van der Waals surface area contributed by atoms with Gasteiger partial charge < -0.3 is 10.1 Å². The van der Waals surface area contributed by atoms with Crippen LogP contribution in [-0.2, 0) is 4.79 Å². The van der Waals surface area contributed by atoms with E-state index < -0.39 is 0 Å². The number of nitrogens with one attached hydrogen (secondary N) is 1. The quantitative estimate of drug-likeness (QED) is 0.929. The number of fused-ring (bicyclic) bond motifs is 1. The molecular weight excluding hydrogens is 294 g/mol. The van der Waals surface area contributed by atoms with Gasteiger partial charge in [0.25, 0.3) is 0 Å². The molecule has 96 valence electrons. The Morgan fingerprint density at radius 2 is 2.06 bits per heavy atom. The van der Waals surface area contributed by atoms with Gasteiger partial charge in [-0.2, -0.15) is 0 Å². The Kier molecular flexibility index (Phi) is 3.06. The fourth-order valence-electron chi connectivity index (χ4n) is 2.89. The Hall–Kier alpha value is -1.03. The summed E-state index contributed by atoms with van der Waals surface area (Å²) < 4.78 is 6.06. The lowest BCUT2D eigenvalue weighted by Gasteiger charge is -2.14. The number of amides is 1. The largest absolute Gasteiger partial charge is 0.497 e. The van der Waals surface area contributed by atoms with Gasteiger partial charge in [0.15, 0.2) is 0 Å². The smallest absolute Gasteiger partial charge is 0.227 e. The van der Waals surface area contributed by atoms with E-state index in [1.807, 2.05) is 18.2 Å². The molecule has 2 aliphatic carbocycles. The Morgan fingerprint density at radius 1 is 1.33 bits per heavy atom. The molecule has 3 nitrogen and oxygen atoms in total. The number of hydrogen-bond acceptors (Lipinski definition) is 2. The average Bonchev–Trinajstić information content (AvgIpc) is 2.98. The van der Waals surface area contributed by atoms with E-state index in [1.54, 1.807) is 7.11 Å². The van der Waals surface area contributed by atoms with Gasteiger partial charge in [0.1, 0.15) is 5.75 Å². The lowest BCUT2D eigenvalue weighted by atomic mass is 10.0. The molecule has 0 aliphatic heterocycles. The zero-order valence-corrected chi connectivity index (χ0v) is 11.9. The lowest BCUT2D eigenvalue weighted by molar-refractivity contribution is -0.120. The number of carbonyl (C=O) groups excluding carboxylic acids is 1. The molecular formula is C14H16BrNO2. The van der Waals surface area contributed by atoms with Gasteiger partial charge in [-0.1, -0.05) is 0 Å². The Morgan fingerprint density at radius 3 is 2.72 bits per heavy atom. The van der Waals surface area contributed by atoms with Crippen LogP contribution in [0.1, 0.15) is 19.3 Å². The molecule has 0 heterocycles. The summed E-state index contributed by atoms with van der Waals surface area (Å²) in [5.41, 5.74) is 0.792. The number of halogens is 1. The van der Waals surface area contributed by atoms with Crippen LogP contribution in [0.15, 0.2) is 22.7 Å². The molecule has 1 aromatic rings. The number of ether oxygens (including phenoxy) is 1. The van der Waals surface area contributed by atoms with Crippen molar-refractivity contribution in [1.29, 1.82) is 0 Å². The third-order valence-corrected chi connectivity index (χ3v) is 4.74. The predicted molar refractivity (Wildman–Crippen MR) is 73.6 cm³/mol. The molecule has 2 atom stereocenters. The van der Waals surface area contributed by atoms with Crippen LogP contribution in [0, 0.1) is 17.8 Å². The fourth-order valence-corrected chi connectivity index (χ4v) is 3.24. The van der Waals surface area contributed by atoms with Crippen molar-refractivity contribution >= 4 is 27.5 Å². The van der Waals surface area contributed by atoms with Gasteiger partial charge in [0.2, 0.25) is 5.91 Å². The third kappa shape index (κ3) is 2.26. The number of methoxy groups -OCH3 is 1. The van der Waals surface area contributed by atoms with Crippen LogP contribution in [0.4, 0.5) is 5.69 Å². The van der Waals surface area contributed by atoms with E-state index >= 15 is 0 Å². The van der Waals surface area contributed by atoms with Crippen LogP contribution >= 0.6 is 15.9 Å². The highest BCUT2D eigenvalue weighted by atomic mass is 79.9. The number of hydrogen-bond donors (Lipinski definition) is 1. The van der Waals surface area contributed by atoms with E-state index in [-0.39, 0.29) is 11.8 Å². The maximum Gasteiger partial charge on any atom is 0.227 e. The van der Waals surface area contributed by atoms with Crippen LogP contribution < -0.4 is 10.1 Å². The third-order valence-electron chi connectivity index (χ3n) is 4.05. The van der Waals surface area contributed by atoms with Crippen molar-refractivity contribution in [2.24, 2.45) is 17.8 Å². The Balaban J connectivity index is 1.69. The first-order valence-electron chi connectivity index (χ1n) is 6.32. The molecule has 2 saturated carbocycles. The molecule has 0 saturated heterocycles. The van der Waals surface area contributed by atoms with Crippen LogP contribution in [0.25, 0.3) is 0 Å². The molecule has 18 heavy (non-hydrogen) atoms. The van der Waals surface area contributed by atoms with Crippen molar-refractivity contribution in [2.45, 2.75) is 19.3 Å². The standard InChI is InChI=1S/C14H16BrNO2/c1-18-11-2-3-12(15)13(7-11)16-14(17)10-5-8-4-9(8)6-10/h2-3,7-10H,4-6H2,1H3,(H,16,17). The SMILES string of the molecule is COc1ccc(Br)c(NC(=O)C2CC3CC3C2)c1. The molecule has 2 unspecified atom stereocenters. The normalized spacial score (nSPS) is 28.7. The summed E-state index contributed by atoms with van der Waals surface area (Å²) in [7, 11) is 1.62. The van der Waals surface area contributed by atoms with Crippen LogP contribution in [0.2, 0.25) is 0 Å². The number of benzene rings is 1. The number of anilines is 1. The fraction of sp³-hybridized carbons (Fsp3) is 0.500. The van der Waals surface area contributed by atoms with Gasteiger partial charge in [0, 0.05) is 16.5 Å². The first-order valence-corrected chi connectivity index (χ1v) is 7.11. The van der Waals surface area contributed by atoms with E-state index in [0.29, 0.717) is 0 Å². The maximum atomic E-state index is 12.2. The van der Waals surface area contributed by atoms with Gasteiger partial charge in [-0.25, -0.2) is 0 Å². The topological polar surface area (TPSA) is 38.3 Å². The highest BCUT2D eigenvalue weighted by molar-refractivity contribution is 9.10. The van der Waals surface area contributed by atoms with E-state index in [4.69, 9.17) is 4.74 Å². The molecule has 2 fully saturated rings. The first-order chi connectivity index (χ1) is 8.67. The van der Waals surface area contributed by atoms with Crippen molar-refractivity contribution in [1.82, 2.24) is 0 Å². The summed E-state index contributed by atoms with van der Waals surface area (Å²) in [6.07, 6.45) is 3.48. The van der Waals surface area contributed by atoms with Crippen molar-refractivity contribution in [3.63, 3.8) is 0 Å². The average molecular weight is 310 g/mol. The van der Waals surface area contributed by atoms with Gasteiger partial charge in [-0.05, 0) is 59.2 Å². The molecule has 1 aromatic carbocycles. The van der Waals surface area contributed by atoms with Crippen LogP contribution in [0.5, 0.6) is 5.75 Å². The molecule has 0 bridgehead atoms. The molecule has 1 N–H and O–H groups in total. The van der Waals surface area contributed by atoms with Crippen molar-refractivity contribution in [2.75, 3.05) is 12.4 Å². The zero-order valence-electron chi connectivity index (χ0n) is 10.3. The minimum atomic E-state index is 0.149. The van der Waals surface area contributed by atoms with Gasteiger partial charge >= 0.3 is 0 Å². The molecule has 0 aromatic heterocycles. The van der Waals surface area contributed by atoms with Crippen molar-refractivity contribution in [3.8, 4) is 5.75 Å². The van der Waals surface area contributed by atoms with Gasteiger partial charge in [-0.3, -0.25) is 4.79 Å². The molecule has 0 radical (unpaired) electrons. The number of rotatable bonds is 3. The van der Waals surface area contributed by atoms with Gasteiger partial charge in [0.05, 0.1) is 12.8 Å². The number of carbonyl (C=O) groups is 1. The molecule has 2 aliphatic rings. The van der Waals surface area contributed by atoms with Crippen molar-refractivity contribution in [3.05, 3.63) is 22.7 Å². The van der Waals surface area contributed by atoms with E-state index in [9.17, 15) is 4.79 Å². The maximum absolute atomic E-state index is 12.2. The van der Waals surface area contributed by atoms with Crippen molar-refractivity contribution < 1.29 is 9.53 Å². The second-order valence-corrected chi connectivity index (χ2v) is 6.11. The summed E-state index contributed by atoms with van der Waals surface area (Å²) in [4.78, 5) is 12.2. The molecule has 4 heteroatoms. The highest BCUT2D eigenvalue weighted by Crippen LogP contribution is 2.54. The predicted octanol–water partition coefficient (Wildman–Crippen LogP) is 3.44. The minimum absolute atomic E-state index is 0.149. The van der Waals surface area contributed by atoms with Gasteiger partial charge in [-0.15, -0.1) is 0 Å². The second-order valence-electron chi connectivity index (χ2n) is 5.26. The van der Waals surface area contributed by atoms with E-state index in [2.05, 4.69) is 21.2 Å². The van der Waals surface area contributed by atoms with Crippen LogP contribution in [0.3, 0.4) is 0 Å². The highest BCUT2D eigenvalue weighted by Gasteiger charge is 2.48. The molecule has 0 spiro atoms. The Labute approximate surface area is 115 Å².